The molecule has 2 aromatic rings. The van der Waals surface area contributed by atoms with Crippen molar-refractivity contribution in [1.29, 1.82) is 0 Å². The molecule has 1 atom stereocenters. The van der Waals surface area contributed by atoms with Gasteiger partial charge >= 0.3 is 0 Å². The molecule has 0 aliphatic carbocycles. The number of nitrogens with one attached hydrogen (secondary N) is 1. The first-order valence-electron chi connectivity index (χ1n) is 6.60. The summed E-state index contributed by atoms with van der Waals surface area (Å²) < 4.78 is 12.0. The normalized spacial score (nSPS) is 17.0. The van der Waals surface area contributed by atoms with Gasteiger partial charge in [-0.3, -0.25) is 0 Å². The Labute approximate surface area is 127 Å². The zero-order chi connectivity index (χ0) is 13.9. The number of hydrogen-bond donors (Lipinski definition) is 1. The van der Waals surface area contributed by atoms with Crippen molar-refractivity contribution in [1.82, 2.24) is 0 Å². The molecule has 0 saturated carbocycles. The van der Waals surface area contributed by atoms with E-state index in [9.17, 15) is 0 Å². The van der Waals surface area contributed by atoms with Gasteiger partial charge in [0, 0.05) is 22.5 Å². The Morgan fingerprint density at radius 3 is 2.95 bits per heavy atom. The molecule has 1 aliphatic heterocycles. The van der Waals surface area contributed by atoms with Crippen molar-refractivity contribution in [3.8, 4) is 11.5 Å². The number of rotatable bonds is 3. The molecule has 1 N–H and O–H groups in total. The highest BCUT2D eigenvalue weighted by molar-refractivity contribution is 9.10. The van der Waals surface area contributed by atoms with Gasteiger partial charge < -0.3 is 14.8 Å². The third-order valence-corrected chi connectivity index (χ3v) is 4.15. The van der Waals surface area contributed by atoms with Crippen LogP contribution in [0.1, 0.15) is 18.0 Å². The average Bonchev–Trinajstić information content (AvgIpc) is 2.50. The van der Waals surface area contributed by atoms with Gasteiger partial charge in [0.2, 0.25) is 0 Å². The van der Waals surface area contributed by atoms with Crippen molar-refractivity contribution in [2.24, 2.45) is 0 Å². The minimum Gasteiger partial charge on any atom is -0.497 e. The van der Waals surface area contributed by atoms with Crippen LogP contribution < -0.4 is 14.8 Å². The van der Waals surface area contributed by atoms with Gasteiger partial charge in [-0.15, -0.1) is 0 Å². The van der Waals surface area contributed by atoms with E-state index < -0.39 is 0 Å². The lowest BCUT2D eigenvalue weighted by molar-refractivity contribution is 0.274. The van der Waals surface area contributed by atoms with Crippen LogP contribution in [-0.4, -0.2) is 13.7 Å². The maximum absolute atomic E-state index is 5.69. The fourth-order valence-electron chi connectivity index (χ4n) is 2.42. The number of ether oxygens (including phenoxy) is 2. The first kappa shape index (κ1) is 13.3. The Bertz CT molecular complexity index is 615. The van der Waals surface area contributed by atoms with Crippen LogP contribution in [0.4, 0.5) is 5.69 Å². The molecule has 0 fully saturated rings. The summed E-state index contributed by atoms with van der Waals surface area (Å²) in [6.07, 6.45) is 0.945. The minimum absolute atomic E-state index is 0.253. The van der Waals surface area contributed by atoms with E-state index in [1.807, 2.05) is 36.4 Å². The molecule has 20 heavy (non-hydrogen) atoms. The second kappa shape index (κ2) is 5.75. The van der Waals surface area contributed by atoms with Gasteiger partial charge in [0.15, 0.2) is 0 Å². The number of hydrogen-bond acceptors (Lipinski definition) is 3. The zero-order valence-electron chi connectivity index (χ0n) is 11.2. The lowest BCUT2D eigenvalue weighted by Gasteiger charge is -2.28. The number of anilines is 1. The van der Waals surface area contributed by atoms with Crippen LogP contribution in [0, 0.1) is 0 Å². The van der Waals surface area contributed by atoms with Crippen LogP contribution in [-0.2, 0) is 0 Å². The summed E-state index contributed by atoms with van der Waals surface area (Å²) in [5.41, 5.74) is 2.24. The van der Waals surface area contributed by atoms with Crippen LogP contribution in [0.2, 0.25) is 0 Å². The number of fused-ring (bicyclic) bond motifs is 1. The molecule has 2 aromatic carbocycles. The number of benzene rings is 2. The molecule has 0 spiro atoms. The van der Waals surface area contributed by atoms with E-state index in [-0.39, 0.29) is 6.04 Å². The largest absolute Gasteiger partial charge is 0.497 e. The van der Waals surface area contributed by atoms with Crippen LogP contribution in [0.5, 0.6) is 11.5 Å². The molecule has 0 amide bonds. The van der Waals surface area contributed by atoms with Gasteiger partial charge in [-0.25, -0.2) is 0 Å². The van der Waals surface area contributed by atoms with Crippen molar-refractivity contribution in [2.75, 3.05) is 19.0 Å². The molecular weight excluding hydrogens is 318 g/mol. The summed E-state index contributed by atoms with van der Waals surface area (Å²) in [4.78, 5) is 0. The van der Waals surface area contributed by atoms with E-state index in [0.717, 1.165) is 34.7 Å². The summed E-state index contributed by atoms with van der Waals surface area (Å²) in [7, 11) is 1.68. The van der Waals surface area contributed by atoms with Gasteiger partial charge in [-0.05, 0) is 34.1 Å². The molecule has 0 bridgehead atoms. The van der Waals surface area contributed by atoms with Crippen LogP contribution in [0.25, 0.3) is 0 Å². The molecule has 1 unspecified atom stereocenters. The Morgan fingerprint density at radius 2 is 2.10 bits per heavy atom. The van der Waals surface area contributed by atoms with Gasteiger partial charge in [-0.1, -0.05) is 18.2 Å². The van der Waals surface area contributed by atoms with Crippen molar-refractivity contribution in [3.05, 3.63) is 52.5 Å². The maximum Gasteiger partial charge on any atom is 0.124 e. The van der Waals surface area contributed by atoms with Crippen molar-refractivity contribution >= 4 is 21.6 Å². The lowest BCUT2D eigenvalue weighted by atomic mass is 10.0. The quantitative estimate of drug-likeness (QED) is 0.903. The average molecular weight is 334 g/mol. The van der Waals surface area contributed by atoms with E-state index in [4.69, 9.17) is 9.47 Å². The third kappa shape index (κ3) is 2.61. The molecular formula is C16H16BrNO2. The lowest BCUT2D eigenvalue weighted by Crippen LogP contribution is -2.20. The Balaban J connectivity index is 1.89. The van der Waals surface area contributed by atoms with Gasteiger partial charge in [0.05, 0.1) is 25.4 Å². The molecule has 0 radical (unpaired) electrons. The fraction of sp³-hybridized carbons (Fsp3) is 0.250. The Morgan fingerprint density at radius 1 is 1.25 bits per heavy atom. The maximum atomic E-state index is 5.69. The highest BCUT2D eigenvalue weighted by atomic mass is 79.9. The van der Waals surface area contributed by atoms with E-state index in [0.29, 0.717) is 0 Å². The van der Waals surface area contributed by atoms with Crippen molar-refractivity contribution < 1.29 is 9.47 Å². The van der Waals surface area contributed by atoms with E-state index in [1.54, 1.807) is 7.11 Å². The predicted molar refractivity (Wildman–Crippen MR) is 83.6 cm³/mol. The molecule has 3 rings (SSSR count). The Kier molecular flexibility index (Phi) is 3.83. The SMILES string of the molecule is COc1ccc(Br)c(NC2CCOc3ccccc32)c1. The first-order valence-corrected chi connectivity index (χ1v) is 7.39. The molecule has 3 nitrogen and oxygen atoms in total. The summed E-state index contributed by atoms with van der Waals surface area (Å²) in [5, 5.41) is 3.57. The number of halogens is 1. The number of para-hydroxylation sites is 1. The first-order chi connectivity index (χ1) is 9.78. The zero-order valence-corrected chi connectivity index (χ0v) is 12.8. The highest BCUT2D eigenvalue weighted by Crippen LogP contribution is 2.36. The topological polar surface area (TPSA) is 30.5 Å². The van der Waals surface area contributed by atoms with E-state index in [2.05, 4.69) is 27.3 Å². The van der Waals surface area contributed by atoms with Crippen LogP contribution in [0.15, 0.2) is 46.9 Å². The molecule has 4 heteroatoms. The summed E-state index contributed by atoms with van der Waals surface area (Å²) >= 11 is 3.58. The summed E-state index contributed by atoms with van der Waals surface area (Å²) in [6.45, 7) is 0.732. The van der Waals surface area contributed by atoms with E-state index in [1.165, 1.54) is 5.56 Å². The fourth-order valence-corrected chi connectivity index (χ4v) is 2.78. The van der Waals surface area contributed by atoms with E-state index >= 15 is 0 Å². The third-order valence-electron chi connectivity index (χ3n) is 3.46. The molecule has 0 aromatic heterocycles. The number of methoxy groups -OCH3 is 1. The van der Waals surface area contributed by atoms with Gasteiger partial charge in [0.25, 0.3) is 0 Å². The van der Waals surface area contributed by atoms with Crippen molar-refractivity contribution in [2.45, 2.75) is 12.5 Å². The predicted octanol–water partition coefficient (Wildman–Crippen LogP) is 4.39. The molecule has 104 valence electrons. The second-order valence-corrected chi connectivity index (χ2v) is 5.57. The Hall–Kier alpha value is -1.68. The highest BCUT2D eigenvalue weighted by Gasteiger charge is 2.21. The van der Waals surface area contributed by atoms with Gasteiger partial charge in [0.1, 0.15) is 11.5 Å². The molecule has 0 saturated heterocycles. The van der Waals surface area contributed by atoms with Crippen LogP contribution in [0.3, 0.4) is 0 Å². The standard InChI is InChI=1S/C16H16BrNO2/c1-19-11-6-7-13(17)15(10-11)18-14-8-9-20-16-5-3-2-4-12(14)16/h2-7,10,14,18H,8-9H2,1H3. The summed E-state index contributed by atoms with van der Waals surface area (Å²) in [6, 6.07) is 14.4. The summed E-state index contributed by atoms with van der Waals surface area (Å²) in [5.74, 6) is 1.81. The smallest absolute Gasteiger partial charge is 0.124 e. The second-order valence-electron chi connectivity index (χ2n) is 4.72. The molecule has 1 heterocycles. The minimum atomic E-state index is 0.253. The monoisotopic (exact) mass is 333 g/mol. The van der Waals surface area contributed by atoms with Crippen LogP contribution >= 0.6 is 15.9 Å². The van der Waals surface area contributed by atoms with Gasteiger partial charge in [-0.2, -0.15) is 0 Å². The molecule has 1 aliphatic rings. The van der Waals surface area contributed by atoms with Crippen molar-refractivity contribution in [3.63, 3.8) is 0 Å².